The summed E-state index contributed by atoms with van der Waals surface area (Å²) in [6, 6.07) is 0.585. The smallest absolute Gasteiger partial charge is 0.362 e. The van der Waals surface area contributed by atoms with Gasteiger partial charge in [-0.3, -0.25) is 4.79 Å². The molecule has 0 aromatic rings. The minimum absolute atomic E-state index is 0.585. The molecule has 0 radical (unpaired) electrons. The van der Waals surface area contributed by atoms with Crippen LogP contribution in [-0.4, -0.2) is 41.7 Å². The van der Waals surface area contributed by atoms with Crippen LogP contribution < -0.4 is 5.73 Å². The Hall–Kier alpha value is -1.24. The average Bonchev–Trinajstić information content (AvgIpc) is 2.51. The molecule has 1 rings (SSSR count). The van der Waals surface area contributed by atoms with Crippen molar-refractivity contribution in [3.63, 3.8) is 0 Å². The molecule has 1 heterocycles. The van der Waals surface area contributed by atoms with Crippen molar-refractivity contribution in [2.45, 2.75) is 45.8 Å². The molecule has 1 amide bonds. The summed E-state index contributed by atoms with van der Waals surface area (Å²) >= 11 is 0. The quantitative estimate of drug-likeness (QED) is 0.863. The maximum Gasteiger partial charge on any atom is 0.470 e. The van der Waals surface area contributed by atoms with Crippen molar-refractivity contribution in [1.82, 2.24) is 10.0 Å². The molecule has 0 aliphatic carbocycles. The third-order valence-electron chi connectivity index (χ3n) is 2.87. The van der Waals surface area contributed by atoms with E-state index in [0.29, 0.717) is 6.04 Å². The van der Waals surface area contributed by atoms with Crippen LogP contribution in [0.5, 0.6) is 0 Å². The molecular formula is C12H22F3N3O. The van der Waals surface area contributed by atoms with Crippen molar-refractivity contribution in [3.05, 3.63) is 11.8 Å². The van der Waals surface area contributed by atoms with E-state index in [0.717, 1.165) is 0 Å². The second-order valence-corrected chi connectivity index (χ2v) is 4.45. The fourth-order valence-electron chi connectivity index (χ4n) is 1.69. The van der Waals surface area contributed by atoms with Gasteiger partial charge in [-0.1, -0.05) is 13.3 Å². The van der Waals surface area contributed by atoms with Crippen molar-refractivity contribution < 1.29 is 18.0 Å². The van der Waals surface area contributed by atoms with Crippen molar-refractivity contribution >= 4 is 5.91 Å². The summed E-state index contributed by atoms with van der Waals surface area (Å²) in [5.74, 6) is -2.26. The summed E-state index contributed by atoms with van der Waals surface area (Å²) in [6.45, 7) is 7.84. The average molecular weight is 281 g/mol. The number of primary amides is 1. The molecule has 2 N–H and O–H groups in total. The van der Waals surface area contributed by atoms with E-state index in [2.05, 4.69) is 49.6 Å². The first-order chi connectivity index (χ1) is 8.61. The molecule has 1 atom stereocenters. The molecule has 7 heteroatoms. The number of hydrogen-bond acceptors (Lipinski definition) is 3. The van der Waals surface area contributed by atoms with E-state index < -0.39 is 12.1 Å². The van der Waals surface area contributed by atoms with Crippen LogP contribution in [-0.2, 0) is 4.79 Å². The van der Waals surface area contributed by atoms with E-state index >= 15 is 0 Å². The van der Waals surface area contributed by atoms with Gasteiger partial charge in [-0.2, -0.15) is 13.2 Å². The molecule has 0 fully saturated rings. The first-order valence-corrected chi connectivity index (χ1v) is 6.16. The Kier molecular flexibility index (Phi) is 6.89. The van der Waals surface area contributed by atoms with Crippen LogP contribution in [0.15, 0.2) is 11.8 Å². The van der Waals surface area contributed by atoms with Crippen LogP contribution in [0.1, 0.15) is 33.6 Å². The maximum atomic E-state index is 10.7. The zero-order chi connectivity index (χ0) is 15.2. The summed E-state index contributed by atoms with van der Waals surface area (Å²) in [5.41, 5.74) is 5.18. The van der Waals surface area contributed by atoms with E-state index in [4.69, 9.17) is 4.79 Å². The van der Waals surface area contributed by atoms with Gasteiger partial charge in [-0.25, -0.2) is 5.01 Å². The number of carbonyl (C=O) groups is 1. The van der Waals surface area contributed by atoms with Crippen LogP contribution in [0.4, 0.5) is 13.2 Å². The van der Waals surface area contributed by atoms with Crippen molar-refractivity contribution in [3.8, 4) is 0 Å². The van der Waals surface area contributed by atoms with Gasteiger partial charge in [0.15, 0.2) is 0 Å². The van der Waals surface area contributed by atoms with Crippen LogP contribution in [0, 0.1) is 0 Å². The van der Waals surface area contributed by atoms with Crippen LogP contribution in [0.25, 0.3) is 0 Å². The lowest BCUT2D eigenvalue weighted by atomic mass is 10.3. The van der Waals surface area contributed by atoms with Gasteiger partial charge in [-0.15, -0.1) is 0 Å². The molecule has 1 aliphatic heterocycles. The fraction of sp³-hybridized carbons (Fsp3) is 0.750. The SMILES string of the molecule is CCCCN1C(C)C=C(C)N1C.NC(=O)C(F)(F)F. The van der Waals surface area contributed by atoms with Gasteiger partial charge in [0.05, 0.1) is 0 Å². The predicted molar refractivity (Wildman–Crippen MR) is 67.8 cm³/mol. The highest BCUT2D eigenvalue weighted by atomic mass is 19.4. The standard InChI is InChI=1S/C10H20N2.C2H2F3NO/c1-5-6-7-12-10(3)8-9(2)11(12)4;3-2(4,5)1(6)7/h8,10H,5-7H2,1-4H3;(H2,6,7). The van der Waals surface area contributed by atoms with E-state index in [1.807, 2.05) is 0 Å². The second-order valence-electron chi connectivity index (χ2n) is 4.45. The second kappa shape index (κ2) is 7.37. The van der Waals surface area contributed by atoms with Gasteiger partial charge >= 0.3 is 12.1 Å². The normalized spacial score (nSPS) is 19.8. The molecule has 0 spiro atoms. The Morgan fingerprint density at radius 3 is 2.21 bits per heavy atom. The molecule has 0 aromatic heterocycles. The first-order valence-electron chi connectivity index (χ1n) is 6.16. The lowest BCUT2D eigenvalue weighted by Gasteiger charge is -2.30. The Labute approximate surface area is 112 Å². The van der Waals surface area contributed by atoms with E-state index in [1.165, 1.54) is 25.1 Å². The molecule has 4 nitrogen and oxygen atoms in total. The Balaban J connectivity index is 0.000000399. The Morgan fingerprint density at radius 2 is 1.95 bits per heavy atom. The number of nitrogens with two attached hydrogens (primary N) is 1. The van der Waals surface area contributed by atoms with Gasteiger partial charge in [0, 0.05) is 25.3 Å². The lowest BCUT2D eigenvalue weighted by Crippen LogP contribution is -2.39. The highest BCUT2D eigenvalue weighted by Gasteiger charge is 2.35. The summed E-state index contributed by atoms with van der Waals surface area (Å²) in [4.78, 5) is 9.12. The minimum Gasteiger partial charge on any atom is -0.362 e. The molecule has 19 heavy (non-hydrogen) atoms. The van der Waals surface area contributed by atoms with Crippen molar-refractivity contribution in [2.75, 3.05) is 13.6 Å². The molecule has 0 saturated heterocycles. The van der Waals surface area contributed by atoms with Crippen molar-refractivity contribution in [1.29, 1.82) is 0 Å². The maximum absolute atomic E-state index is 10.7. The van der Waals surface area contributed by atoms with Gasteiger partial charge in [0.2, 0.25) is 0 Å². The molecule has 0 saturated carbocycles. The summed E-state index contributed by atoms with van der Waals surface area (Å²) in [5, 5.41) is 4.68. The van der Waals surface area contributed by atoms with Gasteiger partial charge < -0.3 is 10.7 Å². The monoisotopic (exact) mass is 281 g/mol. The number of nitrogens with zero attached hydrogens (tertiary/aromatic N) is 2. The first kappa shape index (κ1) is 17.8. The van der Waals surface area contributed by atoms with E-state index in [9.17, 15) is 13.2 Å². The Bertz CT molecular complexity index is 329. The third-order valence-corrected chi connectivity index (χ3v) is 2.87. The molecule has 112 valence electrons. The van der Waals surface area contributed by atoms with E-state index in [1.54, 1.807) is 0 Å². The summed E-state index contributed by atoms with van der Waals surface area (Å²) in [7, 11) is 2.14. The van der Waals surface area contributed by atoms with Crippen LogP contribution >= 0.6 is 0 Å². The minimum atomic E-state index is -4.86. The zero-order valence-corrected chi connectivity index (χ0v) is 11.8. The topological polar surface area (TPSA) is 49.6 Å². The molecule has 1 unspecified atom stereocenters. The van der Waals surface area contributed by atoms with E-state index in [-0.39, 0.29) is 0 Å². The number of carbonyl (C=O) groups excluding carboxylic acids is 1. The number of hydrogen-bond donors (Lipinski definition) is 1. The number of hydrazine groups is 1. The molecule has 0 bridgehead atoms. The van der Waals surface area contributed by atoms with Gasteiger partial charge in [0.25, 0.3) is 0 Å². The number of alkyl halides is 3. The largest absolute Gasteiger partial charge is 0.470 e. The predicted octanol–water partition coefficient (Wildman–Crippen LogP) is 2.28. The summed E-state index contributed by atoms with van der Waals surface area (Å²) in [6.07, 6.45) is 0.0154. The highest BCUT2D eigenvalue weighted by molar-refractivity contribution is 5.79. The highest BCUT2D eigenvalue weighted by Crippen LogP contribution is 2.19. The lowest BCUT2D eigenvalue weighted by molar-refractivity contribution is -0.169. The number of unbranched alkanes of at least 4 members (excludes halogenated alkanes) is 1. The van der Waals surface area contributed by atoms with Crippen LogP contribution in [0.2, 0.25) is 0 Å². The molecule has 1 aliphatic rings. The number of halogens is 3. The zero-order valence-electron chi connectivity index (χ0n) is 11.8. The molecule has 0 aromatic carbocycles. The number of rotatable bonds is 3. The third kappa shape index (κ3) is 5.96. The van der Waals surface area contributed by atoms with Gasteiger partial charge in [0.1, 0.15) is 0 Å². The van der Waals surface area contributed by atoms with Gasteiger partial charge in [-0.05, 0) is 26.3 Å². The summed E-state index contributed by atoms with van der Waals surface area (Å²) < 4.78 is 32.1. The number of amides is 1. The van der Waals surface area contributed by atoms with Crippen molar-refractivity contribution in [2.24, 2.45) is 5.73 Å². The number of allylic oxidation sites excluding steroid dienone is 1. The Morgan fingerprint density at radius 1 is 1.47 bits per heavy atom. The fourth-order valence-corrected chi connectivity index (χ4v) is 1.69. The van der Waals surface area contributed by atoms with Crippen LogP contribution in [0.3, 0.4) is 0 Å². The molecular weight excluding hydrogens is 259 g/mol.